The minimum atomic E-state index is -0.216. The zero-order valence-electron chi connectivity index (χ0n) is 31.2. The first-order valence-corrected chi connectivity index (χ1v) is 19.6. The van der Waals surface area contributed by atoms with Crippen LogP contribution in [0.15, 0.2) is 186 Å². The zero-order valence-corrected chi connectivity index (χ0v) is 31.2. The van der Waals surface area contributed by atoms with Gasteiger partial charge in [-0.05, 0) is 99.9 Å². The van der Waals surface area contributed by atoms with E-state index in [0.29, 0.717) is 0 Å². The molecule has 12 rings (SSSR count). The number of benzene rings is 10. The molecule has 1 aliphatic carbocycles. The summed E-state index contributed by atoms with van der Waals surface area (Å²) in [6, 6.07) is 67.0. The molecule has 262 valence electrons. The molecule has 0 radical (unpaired) electrons. The lowest BCUT2D eigenvalue weighted by molar-refractivity contribution is 0.621. The van der Waals surface area contributed by atoms with Crippen LogP contribution in [0, 0.1) is 0 Å². The Morgan fingerprint density at radius 1 is 0.357 bits per heavy atom. The molecule has 0 unspecified atom stereocenters. The maximum absolute atomic E-state index is 7.19. The first-order chi connectivity index (χ1) is 27.6. The first kappa shape index (κ1) is 31.4. The van der Waals surface area contributed by atoms with Gasteiger partial charge in [0, 0.05) is 27.1 Å². The molecular formula is C55H36O. The Hall–Kier alpha value is -6.96. The highest BCUT2D eigenvalue weighted by atomic mass is 16.3. The number of hydrogen-bond acceptors (Lipinski definition) is 1. The van der Waals surface area contributed by atoms with Crippen LogP contribution in [-0.4, -0.2) is 0 Å². The standard InChI is InChI=1S/C55H36O/c1-55(2)48-27-15-14-22-39(48)47-32-46(51-45-29-28-33-16-6-7-19-35(33)53(45)56-54(51)52(47)55)38-30-31-44(37-21-9-8-20-36(37)38)50-42-25-12-10-23-40(42)49(34-17-4-3-5-18-34)41-24-11-13-26-43(41)50/h3-32H,1-2H3. The van der Waals surface area contributed by atoms with Gasteiger partial charge in [0.1, 0.15) is 11.2 Å². The molecule has 0 N–H and O–H groups in total. The molecule has 0 spiro atoms. The highest BCUT2D eigenvalue weighted by Gasteiger charge is 2.39. The van der Waals surface area contributed by atoms with Crippen LogP contribution in [0.3, 0.4) is 0 Å². The van der Waals surface area contributed by atoms with Crippen molar-refractivity contribution in [3.63, 3.8) is 0 Å². The molecule has 0 saturated carbocycles. The van der Waals surface area contributed by atoms with Crippen molar-refractivity contribution < 1.29 is 4.42 Å². The molecule has 1 nitrogen and oxygen atoms in total. The fourth-order valence-corrected chi connectivity index (χ4v) is 10.2. The summed E-state index contributed by atoms with van der Waals surface area (Å²) in [6.45, 7) is 4.70. The van der Waals surface area contributed by atoms with Crippen molar-refractivity contribution in [3.8, 4) is 44.5 Å². The average molecular weight is 713 g/mol. The smallest absolute Gasteiger partial charge is 0.143 e. The molecule has 1 aliphatic rings. The molecule has 11 aromatic rings. The van der Waals surface area contributed by atoms with Crippen molar-refractivity contribution in [2.45, 2.75) is 19.3 Å². The third-order valence-corrected chi connectivity index (χ3v) is 12.6. The predicted molar refractivity (Wildman–Crippen MR) is 238 cm³/mol. The van der Waals surface area contributed by atoms with Crippen molar-refractivity contribution >= 4 is 65.0 Å². The van der Waals surface area contributed by atoms with Gasteiger partial charge in [0.05, 0.1) is 0 Å². The van der Waals surface area contributed by atoms with Gasteiger partial charge in [-0.15, -0.1) is 0 Å². The van der Waals surface area contributed by atoms with Gasteiger partial charge < -0.3 is 4.42 Å². The minimum absolute atomic E-state index is 0.216. The lowest BCUT2D eigenvalue weighted by atomic mass is 9.80. The normalized spacial score (nSPS) is 13.3. The van der Waals surface area contributed by atoms with Crippen LogP contribution in [0.5, 0.6) is 0 Å². The zero-order chi connectivity index (χ0) is 37.1. The molecule has 1 heteroatoms. The molecule has 0 saturated heterocycles. The average Bonchev–Trinajstić information content (AvgIpc) is 3.75. The Morgan fingerprint density at radius 2 is 0.911 bits per heavy atom. The Kier molecular flexibility index (Phi) is 6.46. The number of furan rings is 1. The van der Waals surface area contributed by atoms with Crippen LogP contribution in [0.2, 0.25) is 0 Å². The Morgan fingerprint density at radius 3 is 1.62 bits per heavy atom. The highest BCUT2D eigenvalue weighted by molar-refractivity contribution is 6.26. The maximum Gasteiger partial charge on any atom is 0.143 e. The molecule has 0 amide bonds. The van der Waals surface area contributed by atoms with Gasteiger partial charge in [-0.3, -0.25) is 0 Å². The fourth-order valence-electron chi connectivity index (χ4n) is 10.2. The Labute approximate surface area is 325 Å². The second kappa shape index (κ2) is 11.5. The topological polar surface area (TPSA) is 13.1 Å². The van der Waals surface area contributed by atoms with E-state index in [9.17, 15) is 0 Å². The molecule has 0 fully saturated rings. The molecule has 0 aliphatic heterocycles. The van der Waals surface area contributed by atoms with Crippen molar-refractivity contribution in [1.82, 2.24) is 0 Å². The van der Waals surface area contributed by atoms with E-state index in [1.165, 1.54) is 98.7 Å². The van der Waals surface area contributed by atoms with Gasteiger partial charge in [0.2, 0.25) is 0 Å². The number of rotatable bonds is 3. The summed E-state index contributed by atoms with van der Waals surface area (Å²) < 4.78 is 7.19. The summed E-state index contributed by atoms with van der Waals surface area (Å²) in [5.74, 6) is 0. The summed E-state index contributed by atoms with van der Waals surface area (Å²) >= 11 is 0. The van der Waals surface area contributed by atoms with Crippen LogP contribution in [-0.2, 0) is 5.41 Å². The van der Waals surface area contributed by atoms with Crippen molar-refractivity contribution in [1.29, 1.82) is 0 Å². The highest BCUT2D eigenvalue weighted by Crippen LogP contribution is 2.56. The SMILES string of the molecule is CC1(C)c2ccccc2-c2cc(-c3ccc(-c4c5ccccc5c(-c5ccccc5)c5ccccc45)c4ccccc34)c3c(oc4c5ccccc5ccc43)c21. The van der Waals surface area contributed by atoms with Crippen LogP contribution in [0.25, 0.3) is 110 Å². The van der Waals surface area contributed by atoms with Crippen molar-refractivity contribution in [3.05, 3.63) is 193 Å². The summed E-state index contributed by atoms with van der Waals surface area (Å²) in [7, 11) is 0. The summed E-state index contributed by atoms with van der Waals surface area (Å²) in [4.78, 5) is 0. The van der Waals surface area contributed by atoms with Crippen molar-refractivity contribution in [2.75, 3.05) is 0 Å². The Bertz CT molecular complexity index is 3380. The van der Waals surface area contributed by atoms with E-state index in [0.717, 1.165) is 21.9 Å². The lowest BCUT2D eigenvalue weighted by Crippen LogP contribution is -2.15. The molecule has 10 aromatic carbocycles. The fraction of sp³-hybridized carbons (Fsp3) is 0.0545. The third kappa shape index (κ3) is 4.20. The van der Waals surface area contributed by atoms with Gasteiger partial charge >= 0.3 is 0 Å². The number of fused-ring (bicyclic) bond motifs is 12. The maximum atomic E-state index is 7.19. The van der Waals surface area contributed by atoms with Crippen LogP contribution in [0.4, 0.5) is 0 Å². The van der Waals surface area contributed by atoms with E-state index in [4.69, 9.17) is 4.42 Å². The molecule has 1 aromatic heterocycles. The van der Waals surface area contributed by atoms with E-state index in [2.05, 4.69) is 196 Å². The van der Waals surface area contributed by atoms with Crippen LogP contribution >= 0.6 is 0 Å². The second-order valence-electron chi connectivity index (χ2n) is 15.9. The monoisotopic (exact) mass is 712 g/mol. The molecule has 1 heterocycles. The Balaban J connectivity index is 1.20. The van der Waals surface area contributed by atoms with Gasteiger partial charge in [0.15, 0.2) is 0 Å². The molecule has 0 atom stereocenters. The van der Waals surface area contributed by atoms with Gasteiger partial charge in [-0.2, -0.15) is 0 Å². The first-order valence-electron chi connectivity index (χ1n) is 19.6. The van der Waals surface area contributed by atoms with Gasteiger partial charge in [-0.1, -0.05) is 184 Å². The summed E-state index contributed by atoms with van der Waals surface area (Å²) in [6.07, 6.45) is 0. The third-order valence-electron chi connectivity index (χ3n) is 12.6. The second-order valence-corrected chi connectivity index (χ2v) is 15.9. The molecule has 56 heavy (non-hydrogen) atoms. The van der Waals surface area contributed by atoms with Gasteiger partial charge in [0.25, 0.3) is 0 Å². The predicted octanol–water partition coefficient (Wildman–Crippen LogP) is 15.5. The van der Waals surface area contributed by atoms with E-state index in [-0.39, 0.29) is 5.41 Å². The van der Waals surface area contributed by atoms with E-state index in [1.54, 1.807) is 0 Å². The number of hydrogen-bond donors (Lipinski definition) is 0. The summed E-state index contributed by atoms with van der Waals surface area (Å²) in [5, 5.41) is 12.2. The van der Waals surface area contributed by atoms with Crippen LogP contribution < -0.4 is 0 Å². The van der Waals surface area contributed by atoms with E-state index in [1.807, 2.05) is 0 Å². The largest absolute Gasteiger partial charge is 0.455 e. The lowest BCUT2D eigenvalue weighted by Gasteiger charge is -2.22. The van der Waals surface area contributed by atoms with Crippen LogP contribution in [0.1, 0.15) is 25.0 Å². The van der Waals surface area contributed by atoms with Crippen molar-refractivity contribution in [2.24, 2.45) is 0 Å². The minimum Gasteiger partial charge on any atom is -0.455 e. The molecule has 0 bridgehead atoms. The summed E-state index contributed by atoms with van der Waals surface area (Å²) in [5.41, 5.74) is 14.3. The quantitative estimate of drug-likeness (QED) is 0.166. The van der Waals surface area contributed by atoms with Gasteiger partial charge in [-0.25, -0.2) is 0 Å². The van der Waals surface area contributed by atoms with E-state index >= 15 is 0 Å². The molecular weight excluding hydrogens is 677 g/mol. The van der Waals surface area contributed by atoms with E-state index < -0.39 is 0 Å².